The second-order valence-electron chi connectivity index (χ2n) is 7.38. The van der Waals surface area contributed by atoms with Gasteiger partial charge in [0.15, 0.2) is 0 Å². The lowest BCUT2D eigenvalue weighted by Gasteiger charge is -2.35. The highest BCUT2D eigenvalue weighted by Gasteiger charge is 2.25. The zero-order valence-corrected chi connectivity index (χ0v) is 18.3. The topological polar surface area (TPSA) is 112 Å². The molecule has 0 saturated heterocycles. The summed E-state index contributed by atoms with van der Waals surface area (Å²) in [6.07, 6.45) is 5.60. The van der Waals surface area contributed by atoms with Crippen LogP contribution in [0, 0.1) is 0 Å². The average molecular weight is 430 g/mol. The number of carbonyl (C=O) groups excluding carboxylic acids is 1. The summed E-state index contributed by atoms with van der Waals surface area (Å²) in [6, 6.07) is 9.91. The second-order valence-corrected chi connectivity index (χ2v) is 8.41. The van der Waals surface area contributed by atoms with E-state index >= 15 is 0 Å². The minimum Gasteiger partial charge on any atom is -0.550 e. The molecule has 1 aliphatic rings. The Kier molecular flexibility index (Phi) is 9.67. The molecule has 162 valence electrons. The van der Waals surface area contributed by atoms with E-state index in [1.165, 1.54) is 35.9 Å². The van der Waals surface area contributed by atoms with Gasteiger partial charge in [-0.05, 0) is 72.8 Å². The van der Waals surface area contributed by atoms with Crippen molar-refractivity contribution in [1.29, 1.82) is 0 Å². The van der Waals surface area contributed by atoms with Crippen molar-refractivity contribution in [3.8, 4) is 5.75 Å². The van der Waals surface area contributed by atoms with Gasteiger partial charge in [-0.3, -0.25) is 4.90 Å². The summed E-state index contributed by atoms with van der Waals surface area (Å²) in [6.45, 7) is 5.83. The highest BCUT2D eigenvalue weighted by molar-refractivity contribution is 7.09. The summed E-state index contributed by atoms with van der Waals surface area (Å²) < 4.78 is 0. The van der Waals surface area contributed by atoms with E-state index in [1.807, 2.05) is 23.5 Å². The lowest BCUT2D eigenvalue weighted by Crippen LogP contribution is -2.41. The van der Waals surface area contributed by atoms with Crippen LogP contribution in [0.25, 0.3) is 10.4 Å². The summed E-state index contributed by atoms with van der Waals surface area (Å²) in [5.41, 5.74) is 10.2. The van der Waals surface area contributed by atoms with E-state index in [1.54, 1.807) is 0 Å². The molecule has 0 bridgehead atoms. The van der Waals surface area contributed by atoms with Crippen LogP contribution in [0.15, 0.2) is 40.8 Å². The first-order chi connectivity index (χ1) is 14.5. The molecule has 8 heteroatoms. The van der Waals surface area contributed by atoms with Gasteiger partial charge in [0, 0.05) is 22.4 Å². The standard InChI is InChI=1S/C19H25NOS.C3H5N3O2/c1-2-11-20(12-10-17-6-4-13-22-17)16-8-9-18-15(14-16)5-3-7-19(18)21;1-2(3(7)8)5-6-4/h3-7,13,16,21H,2,8-12,14H2,1H3;2H,1H3,(H,7,8)/p-1/t16-;/m0./s1. The summed E-state index contributed by atoms with van der Waals surface area (Å²) in [7, 11) is 0. The van der Waals surface area contributed by atoms with Crippen LogP contribution in [0.1, 0.15) is 42.7 Å². The number of benzene rings is 1. The molecule has 2 atom stereocenters. The number of fused-ring (bicyclic) bond motifs is 1. The quantitative estimate of drug-likeness (QED) is 0.391. The second kappa shape index (κ2) is 12.2. The van der Waals surface area contributed by atoms with Crippen LogP contribution in [-0.4, -0.2) is 41.1 Å². The van der Waals surface area contributed by atoms with Crippen LogP contribution >= 0.6 is 11.3 Å². The molecule has 1 heterocycles. The molecule has 2 aromatic rings. The van der Waals surface area contributed by atoms with Crippen LogP contribution in [0.4, 0.5) is 0 Å². The van der Waals surface area contributed by atoms with Gasteiger partial charge in [-0.2, -0.15) is 0 Å². The Morgan fingerprint density at radius 2 is 2.20 bits per heavy atom. The van der Waals surface area contributed by atoms with Crippen LogP contribution in [0.3, 0.4) is 0 Å². The zero-order chi connectivity index (χ0) is 21.9. The van der Waals surface area contributed by atoms with Gasteiger partial charge in [0.25, 0.3) is 0 Å². The lowest BCUT2D eigenvalue weighted by atomic mass is 9.86. The predicted octanol–water partition coefficient (Wildman–Crippen LogP) is 3.70. The fraction of sp³-hybridized carbons (Fsp3) is 0.500. The Morgan fingerprint density at radius 1 is 1.40 bits per heavy atom. The number of rotatable bonds is 8. The maximum Gasteiger partial charge on any atom is 0.119 e. The van der Waals surface area contributed by atoms with Crippen molar-refractivity contribution in [2.75, 3.05) is 13.1 Å². The van der Waals surface area contributed by atoms with Crippen molar-refractivity contribution >= 4 is 17.3 Å². The number of thiophene rings is 1. The number of aromatic hydroxyl groups is 1. The van der Waals surface area contributed by atoms with Crippen LogP contribution in [-0.2, 0) is 24.1 Å². The molecule has 0 radical (unpaired) electrons. The largest absolute Gasteiger partial charge is 0.550 e. The van der Waals surface area contributed by atoms with Gasteiger partial charge in [0.1, 0.15) is 5.75 Å². The highest BCUT2D eigenvalue weighted by Crippen LogP contribution is 2.30. The van der Waals surface area contributed by atoms with Crippen molar-refractivity contribution in [1.82, 2.24) is 4.90 Å². The molecule has 0 amide bonds. The van der Waals surface area contributed by atoms with E-state index in [9.17, 15) is 15.0 Å². The Bertz CT molecular complexity index is 848. The number of carbonyl (C=O) groups is 1. The molecule has 1 aliphatic carbocycles. The maximum atomic E-state index is 10.0. The molecule has 1 aromatic heterocycles. The molecular weight excluding hydrogens is 400 g/mol. The van der Waals surface area contributed by atoms with Crippen LogP contribution in [0.2, 0.25) is 0 Å². The Balaban J connectivity index is 0.000000343. The predicted molar refractivity (Wildman–Crippen MR) is 117 cm³/mol. The van der Waals surface area contributed by atoms with Crippen molar-refractivity contribution in [2.45, 2.75) is 58.0 Å². The average Bonchev–Trinajstić information content (AvgIpc) is 3.25. The van der Waals surface area contributed by atoms with Crippen molar-refractivity contribution < 1.29 is 15.0 Å². The van der Waals surface area contributed by atoms with Gasteiger partial charge in [-0.15, -0.1) is 11.3 Å². The van der Waals surface area contributed by atoms with Gasteiger partial charge < -0.3 is 15.0 Å². The molecule has 0 fully saturated rings. The van der Waals surface area contributed by atoms with Gasteiger partial charge in [0.2, 0.25) is 0 Å². The first kappa shape index (κ1) is 23.7. The van der Waals surface area contributed by atoms with Crippen LogP contribution in [0.5, 0.6) is 5.75 Å². The third-order valence-corrected chi connectivity index (χ3v) is 6.19. The lowest BCUT2D eigenvalue weighted by molar-refractivity contribution is -0.306. The van der Waals surface area contributed by atoms with E-state index in [-0.39, 0.29) is 0 Å². The molecule has 1 N–H and O–H groups in total. The fourth-order valence-corrected chi connectivity index (χ4v) is 4.38. The molecule has 0 spiro atoms. The molecule has 0 saturated carbocycles. The molecule has 7 nitrogen and oxygen atoms in total. The van der Waals surface area contributed by atoms with E-state index in [0.717, 1.165) is 32.2 Å². The summed E-state index contributed by atoms with van der Waals surface area (Å²) in [5, 5.41) is 24.7. The normalized spacial score (nSPS) is 16.0. The van der Waals surface area contributed by atoms with E-state index in [4.69, 9.17) is 5.53 Å². The summed E-state index contributed by atoms with van der Waals surface area (Å²) >= 11 is 1.86. The van der Waals surface area contributed by atoms with Crippen molar-refractivity contribution in [2.24, 2.45) is 5.11 Å². The number of azide groups is 1. The first-order valence-corrected chi connectivity index (χ1v) is 11.1. The van der Waals surface area contributed by atoms with Crippen LogP contribution < -0.4 is 5.11 Å². The smallest absolute Gasteiger partial charge is 0.119 e. The Morgan fingerprint density at radius 3 is 2.80 bits per heavy atom. The summed E-state index contributed by atoms with van der Waals surface area (Å²) in [5.74, 6) is -0.876. The first-order valence-electron chi connectivity index (χ1n) is 10.3. The Hall–Kier alpha value is -2.54. The van der Waals surface area contributed by atoms with Crippen molar-refractivity contribution in [3.63, 3.8) is 0 Å². The number of carboxylic acid groups (broad SMARTS) is 1. The van der Waals surface area contributed by atoms with E-state index in [2.05, 4.69) is 45.4 Å². The molecule has 3 rings (SSSR count). The van der Waals surface area contributed by atoms with Gasteiger partial charge >= 0.3 is 0 Å². The number of hydrogen-bond acceptors (Lipinski definition) is 6. The monoisotopic (exact) mass is 429 g/mol. The van der Waals surface area contributed by atoms with E-state index < -0.39 is 12.0 Å². The minimum atomic E-state index is -1.36. The van der Waals surface area contributed by atoms with Gasteiger partial charge in [-0.25, -0.2) is 0 Å². The third-order valence-electron chi connectivity index (χ3n) is 5.25. The number of phenols is 1. The van der Waals surface area contributed by atoms with E-state index in [0.29, 0.717) is 11.8 Å². The maximum absolute atomic E-state index is 10.0. The number of phenolic OH excluding ortho intramolecular Hbond substituents is 1. The fourth-order valence-electron chi connectivity index (χ4n) is 3.68. The number of hydrogen-bond donors (Lipinski definition) is 1. The molecule has 1 aromatic carbocycles. The number of aliphatic carboxylic acids is 1. The molecular formula is C22H29N4O3S-. The highest BCUT2D eigenvalue weighted by atomic mass is 32.1. The molecule has 0 aliphatic heterocycles. The number of nitrogens with zero attached hydrogens (tertiary/aromatic N) is 4. The zero-order valence-electron chi connectivity index (χ0n) is 17.5. The SMILES string of the molecule is CC(N=[N+]=[N-])C(=O)[O-].CCCN(CCc1cccs1)[C@H]1CCc2c(O)cccc2C1. The van der Waals surface area contributed by atoms with Gasteiger partial charge in [-0.1, -0.05) is 37.2 Å². The van der Waals surface area contributed by atoms with Crippen molar-refractivity contribution in [3.05, 3.63) is 62.2 Å². The third kappa shape index (κ3) is 7.06. The molecule has 30 heavy (non-hydrogen) atoms. The Labute approximate surface area is 181 Å². The number of carboxylic acids is 1. The minimum absolute atomic E-state index is 0.483. The molecule has 1 unspecified atom stereocenters. The van der Waals surface area contributed by atoms with Gasteiger partial charge in [0.05, 0.1) is 12.0 Å². The summed E-state index contributed by atoms with van der Waals surface area (Å²) in [4.78, 5) is 16.1.